The van der Waals surface area contributed by atoms with Crippen LogP contribution in [0.2, 0.25) is 0 Å². The summed E-state index contributed by atoms with van der Waals surface area (Å²) in [7, 11) is 0. The molecular formula is C10H8. The zero-order valence-electron chi connectivity index (χ0n) is 11.2. The van der Waals surface area contributed by atoms with E-state index in [0.29, 0.717) is 0 Å². The molecule has 0 saturated carbocycles. The molecule has 2 aromatic rings. The van der Waals surface area contributed by atoms with Crippen LogP contribution in [-0.4, -0.2) is 0 Å². The maximum atomic E-state index is 7.66. The lowest BCUT2D eigenvalue weighted by atomic mass is 10.1. The first-order valence-electron chi connectivity index (χ1n) is 5.90. The Hall–Kier alpha value is -1.30. The maximum absolute atomic E-state index is 7.66. The highest BCUT2D eigenvalue weighted by atomic mass is 13.9. The van der Waals surface area contributed by atoms with Gasteiger partial charge < -0.3 is 0 Å². The molecule has 0 unspecified atom stereocenters. The van der Waals surface area contributed by atoms with Crippen molar-refractivity contribution in [3.8, 4) is 0 Å². The van der Waals surface area contributed by atoms with Gasteiger partial charge in [0.05, 0.1) is 8.22 Å². The molecule has 0 amide bonds. The van der Waals surface area contributed by atoms with E-state index in [9.17, 15) is 0 Å². The maximum Gasteiger partial charge on any atom is 0.0629 e. The summed E-state index contributed by atoms with van der Waals surface area (Å²) >= 11 is 0. The van der Waals surface area contributed by atoms with Gasteiger partial charge in [0.25, 0.3) is 0 Å². The van der Waals surface area contributed by atoms with Crippen LogP contribution in [0, 0.1) is 0 Å². The highest BCUT2D eigenvalue weighted by molar-refractivity contribution is 5.81. The lowest BCUT2D eigenvalue weighted by Crippen LogP contribution is -1.67. The molecule has 0 aliphatic heterocycles. The Morgan fingerprint density at radius 1 is 0.800 bits per heavy atom. The van der Waals surface area contributed by atoms with Gasteiger partial charge in [-0.2, -0.15) is 0 Å². The van der Waals surface area contributed by atoms with Gasteiger partial charge in [0.2, 0.25) is 0 Å². The van der Waals surface area contributed by atoms with Crippen LogP contribution in [0.3, 0.4) is 0 Å². The molecule has 0 N–H and O–H groups in total. The molecule has 0 heteroatoms. The fourth-order valence-electron chi connectivity index (χ4n) is 0.787. The van der Waals surface area contributed by atoms with Crippen molar-refractivity contribution in [3.63, 3.8) is 0 Å². The summed E-state index contributed by atoms with van der Waals surface area (Å²) in [6.45, 7) is 0. The third-order valence-corrected chi connectivity index (χ3v) is 1.26. The van der Waals surface area contributed by atoms with Gasteiger partial charge >= 0.3 is 0 Å². The van der Waals surface area contributed by atoms with Crippen LogP contribution >= 0.6 is 0 Å². The lowest BCUT2D eigenvalue weighted by molar-refractivity contribution is 1.75. The van der Waals surface area contributed by atoms with Crippen LogP contribution in [-0.2, 0) is 0 Å². The van der Waals surface area contributed by atoms with Crippen molar-refractivity contribution in [2.75, 3.05) is 0 Å². The molecule has 0 radical (unpaired) electrons. The number of benzene rings is 2. The van der Waals surface area contributed by atoms with E-state index in [1.54, 1.807) is 0 Å². The molecule has 2 rings (SSSR count). The van der Waals surface area contributed by atoms with Crippen LogP contribution in [0.1, 0.15) is 8.22 Å². The quantitative estimate of drug-likeness (QED) is 0.519. The van der Waals surface area contributed by atoms with Crippen molar-refractivity contribution in [3.05, 3.63) is 48.4 Å². The summed E-state index contributed by atoms with van der Waals surface area (Å²) in [5, 5.41) is 0.569. The van der Waals surface area contributed by atoms with Crippen LogP contribution in [0.25, 0.3) is 10.8 Å². The third kappa shape index (κ3) is 0.781. The zero-order chi connectivity index (χ0) is 12.0. The molecule has 2 aromatic carbocycles. The second-order valence-corrected chi connectivity index (χ2v) is 1.90. The van der Waals surface area contributed by atoms with Crippen molar-refractivity contribution in [1.82, 2.24) is 0 Å². The second-order valence-electron chi connectivity index (χ2n) is 1.90. The molecule has 48 valence electrons. The summed E-state index contributed by atoms with van der Waals surface area (Å²) < 4.78 is 45.2. The van der Waals surface area contributed by atoms with Gasteiger partial charge in [-0.3, -0.25) is 0 Å². The minimum atomic E-state index is -0.311. The normalized spacial score (nSPS) is 18.4. The van der Waals surface area contributed by atoms with Crippen molar-refractivity contribution < 1.29 is 8.22 Å². The Morgan fingerprint density at radius 2 is 1.30 bits per heavy atom. The molecular weight excluding hydrogens is 120 g/mol. The van der Waals surface area contributed by atoms with Gasteiger partial charge in [-0.25, -0.2) is 0 Å². The minimum absolute atomic E-state index is 0.0440. The molecule has 10 heavy (non-hydrogen) atoms. The molecule has 0 heterocycles. The van der Waals surface area contributed by atoms with Crippen molar-refractivity contribution >= 4 is 10.8 Å². The Kier molecular flexibility index (Phi) is 0.448. The lowest BCUT2D eigenvalue weighted by Gasteiger charge is -1.92. The van der Waals surface area contributed by atoms with Crippen LogP contribution in [0.15, 0.2) is 48.4 Å². The van der Waals surface area contributed by atoms with Gasteiger partial charge in [0.1, 0.15) is 0 Å². The van der Waals surface area contributed by atoms with Crippen molar-refractivity contribution in [2.24, 2.45) is 0 Å². The number of rotatable bonds is 0. The van der Waals surface area contributed by atoms with E-state index in [0.717, 1.165) is 0 Å². The van der Waals surface area contributed by atoms with Crippen LogP contribution in [0.4, 0.5) is 0 Å². The van der Waals surface area contributed by atoms with Crippen LogP contribution < -0.4 is 0 Å². The van der Waals surface area contributed by atoms with Crippen molar-refractivity contribution in [1.29, 1.82) is 0 Å². The SMILES string of the molecule is [2H]c1cc2c([2H])c([2H])c([2H])c([2H])c2cc1[2H]. The molecule has 0 saturated heterocycles. The van der Waals surface area contributed by atoms with E-state index in [1.807, 2.05) is 0 Å². The Labute approximate surface area is 68.5 Å². The predicted octanol–water partition coefficient (Wildman–Crippen LogP) is 2.84. The largest absolute Gasteiger partial charge is 0.0629 e. The summed E-state index contributed by atoms with van der Waals surface area (Å²) in [6, 6.07) is 1.57. The van der Waals surface area contributed by atoms with E-state index in [4.69, 9.17) is 8.22 Å². The molecule has 0 fully saturated rings. The Bertz CT molecular complexity index is 537. The molecule has 0 bridgehead atoms. The Balaban J connectivity index is 3.02. The minimum Gasteiger partial charge on any atom is -0.0616 e. The van der Waals surface area contributed by atoms with Gasteiger partial charge in [-0.15, -0.1) is 0 Å². The fraction of sp³-hybridized carbons (Fsp3) is 0. The van der Waals surface area contributed by atoms with Gasteiger partial charge in [0, 0.05) is 0 Å². The van der Waals surface area contributed by atoms with E-state index < -0.39 is 0 Å². The molecule has 0 aliphatic carbocycles. The second kappa shape index (κ2) is 2.14. The number of hydrogen-bond donors (Lipinski definition) is 0. The summed E-state index contributed by atoms with van der Waals surface area (Å²) in [5.41, 5.74) is 0. The summed E-state index contributed by atoms with van der Waals surface area (Å²) in [4.78, 5) is 0. The van der Waals surface area contributed by atoms with E-state index in [1.165, 1.54) is 12.1 Å². The van der Waals surface area contributed by atoms with E-state index >= 15 is 0 Å². The van der Waals surface area contributed by atoms with Crippen molar-refractivity contribution in [2.45, 2.75) is 0 Å². The summed E-state index contributed by atoms with van der Waals surface area (Å²) in [6.07, 6.45) is 0. The Morgan fingerprint density at radius 3 is 1.80 bits per heavy atom. The average Bonchev–Trinajstić information content (AvgIpc) is 2.26. The van der Waals surface area contributed by atoms with Gasteiger partial charge in [-0.05, 0) is 10.8 Å². The molecule has 0 atom stereocenters. The number of fused-ring (bicyclic) bond motifs is 1. The number of hydrogen-bond acceptors (Lipinski definition) is 0. The standard InChI is InChI=1S/C10H8/c1-2-6-10-8-4-3-7-9(10)5-1/h1-8H/i1D,2D,3D,4D,5D,6D. The fourth-order valence-corrected chi connectivity index (χ4v) is 0.787. The molecule has 0 nitrogen and oxygen atoms in total. The molecule has 0 aromatic heterocycles. The highest BCUT2D eigenvalue weighted by Crippen LogP contribution is 2.11. The molecule has 0 spiro atoms. The van der Waals surface area contributed by atoms with Gasteiger partial charge in [0.15, 0.2) is 0 Å². The highest BCUT2D eigenvalue weighted by Gasteiger charge is 1.85. The topological polar surface area (TPSA) is 0 Å². The first-order valence-corrected chi connectivity index (χ1v) is 2.90. The summed E-state index contributed by atoms with van der Waals surface area (Å²) in [5.74, 6) is 0. The smallest absolute Gasteiger partial charge is 0.0616 e. The molecule has 0 aliphatic rings. The first kappa shape index (κ1) is 2.09. The van der Waals surface area contributed by atoms with Crippen LogP contribution in [0.5, 0.6) is 0 Å². The monoisotopic (exact) mass is 134 g/mol. The van der Waals surface area contributed by atoms with E-state index in [2.05, 4.69) is 0 Å². The van der Waals surface area contributed by atoms with E-state index in [-0.39, 0.29) is 47.0 Å². The predicted molar refractivity (Wildman–Crippen MR) is 43.9 cm³/mol. The average molecular weight is 134 g/mol. The first-order chi connectivity index (χ1) is 7.43. The van der Waals surface area contributed by atoms with Gasteiger partial charge in [-0.1, -0.05) is 48.4 Å². The zero-order valence-corrected chi connectivity index (χ0v) is 5.15. The third-order valence-electron chi connectivity index (χ3n) is 1.26.